The van der Waals surface area contributed by atoms with Crippen LogP contribution in [0.3, 0.4) is 0 Å². The molecule has 0 radical (unpaired) electrons. The number of hydrogen-bond acceptors (Lipinski definition) is 5. The van der Waals surface area contributed by atoms with Crippen LogP contribution in [0.2, 0.25) is 12.6 Å². The second kappa shape index (κ2) is 11.5. The first-order chi connectivity index (χ1) is 10.6. The van der Waals surface area contributed by atoms with Crippen LogP contribution >= 0.6 is 0 Å². The minimum Gasteiger partial charge on any atom is -0.395 e. The maximum Gasteiger partial charge on any atom is 0.335 e. The molecule has 0 aromatic carbocycles. The summed E-state index contributed by atoms with van der Waals surface area (Å²) in [6, 6.07) is 1.10. The summed E-state index contributed by atoms with van der Waals surface area (Å²) >= 11 is 0. The zero-order valence-electron chi connectivity index (χ0n) is 15.1. The van der Waals surface area contributed by atoms with E-state index in [-0.39, 0.29) is 0 Å². The minimum absolute atomic E-state index is 0.294. The molecule has 1 aliphatic rings. The van der Waals surface area contributed by atoms with Crippen molar-refractivity contribution in [3.8, 4) is 0 Å². The smallest absolute Gasteiger partial charge is 0.335 e. The average Bonchev–Trinajstić information content (AvgIpc) is 2.51. The first-order valence-electron chi connectivity index (χ1n) is 8.99. The zero-order chi connectivity index (χ0) is 16.3. The predicted octanol–water partition coefficient (Wildman–Crippen LogP) is 1.79. The molecule has 1 rings (SSSR count). The van der Waals surface area contributed by atoms with Crippen LogP contribution in [0, 0.1) is 0 Å². The Morgan fingerprint density at radius 1 is 1.27 bits per heavy atom. The fourth-order valence-corrected chi connectivity index (χ4v) is 5.80. The van der Waals surface area contributed by atoms with E-state index in [4.69, 9.17) is 8.85 Å². The van der Waals surface area contributed by atoms with Crippen molar-refractivity contribution in [2.45, 2.75) is 51.8 Å². The van der Waals surface area contributed by atoms with Crippen molar-refractivity contribution in [3.63, 3.8) is 0 Å². The number of piperazine rings is 1. The van der Waals surface area contributed by atoms with Gasteiger partial charge < -0.3 is 24.4 Å². The van der Waals surface area contributed by atoms with Gasteiger partial charge in [0.15, 0.2) is 0 Å². The van der Waals surface area contributed by atoms with Crippen molar-refractivity contribution in [1.29, 1.82) is 0 Å². The predicted molar refractivity (Wildman–Crippen MR) is 95.7 cm³/mol. The van der Waals surface area contributed by atoms with Crippen molar-refractivity contribution >= 4 is 8.56 Å². The second-order valence-corrected chi connectivity index (χ2v) is 9.73. The van der Waals surface area contributed by atoms with Crippen molar-refractivity contribution in [3.05, 3.63) is 0 Å². The lowest BCUT2D eigenvalue weighted by atomic mass is 10.2. The number of unbranched alkanes of at least 4 members (excludes halogenated alkanes) is 1. The largest absolute Gasteiger partial charge is 0.395 e. The van der Waals surface area contributed by atoms with Crippen molar-refractivity contribution in [1.82, 2.24) is 15.5 Å². The van der Waals surface area contributed by atoms with Crippen molar-refractivity contribution in [2.24, 2.45) is 0 Å². The molecule has 22 heavy (non-hydrogen) atoms. The van der Waals surface area contributed by atoms with Gasteiger partial charge in [0.1, 0.15) is 0 Å². The first kappa shape index (κ1) is 20.1. The van der Waals surface area contributed by atoms with E-state index < -0.39 is 8.56 Å². The van der Waals surface area contributed by atoms with Crippen LogP contribution in [0.15, 0.2) is 0 Å². The molecule has 0 saturated carbocycles. The Bertz CT molecular complexity index is 278. The number of nitrogens with zero attached hydrogens (tertiary/aromatic N) is 1. The van der Waals surface area contributed by atoms with Gasteiger partial charge in [-0.25, -0.2) is 0 Å². The molecule has 1 heterocycles. The quantitative estimate of drug-likeness (QED) is 0.422. The summed E-state index contributed by atoms with van der Waals surface area (Å²) in [4.78, 5) is 2.53. The minimum atomic E-state index is -2.01. The van der Waals surface area contributed by atoms with Gasteiger partial charge in [-0.15, -0.1) is 0 Å². The maximum atomic E-state index is 6.40. The second-order valence-electron chi connectivity index (χ2n) is 6.44. The summed E-state index contributed by atoms with van der Waals surface area (Å²) in [6.07, 6.45) is 3.78. The van der Waals surface area contributed by atoms with E-state index in [1.807, 2.05) is 7.05 Å². The van der Waals surface area contributed by atoms with Crippen LogP contribution in [0.5, 0.6) is 0 Å². The maximum absolute atomic E-state index is 6.40. The number of nitrogens with one attached hydrogen (secondary N) is 2. The highest BCUT2D eigenvalue weighted by atomic mass is 28.4. The lowest BCUT2D eigenvalue weighted by Crippen LogP contribution is -2.45. The molecule has 1 saturated heterocycles. The lowest BCUT2D eigenvalue weighted by molar-refractivity contribution is 0.110. The van der Waals surface area contributed by atoms with E-state index >= 15 is 0 Å². The van der Waals surface area contributed by atoms with Gasteiger partial charge in [0, 0.05) is 45.4 Å². The van der Waals surface area contributed by atoms with Crippen molar-refractivity contribution < 1.29 is 8.85 Å². The highest BCUT2D eigenvalue weighted by molar-refractivity contribution is 6.66. The van der Waals surface area contributed by atoms with Gasteiger partial charge in [0.2, 0.25) is 0 Å². The van der Waals surface area contributed by atoms with Gasteiger partial charge in [-0.3, -0.25) is 0 Å². The van der Waals surface area contributed by atoms with Gasteiger partial charge in [0.05, 0.1) is 0 Å². The van der Waals surface area contributed by atoms with Crippen LogP contribution in [0.4, 0.5) is 0 Å². The van der Waals surface area contributed by atoms with E-state index in [1.54, 1.807) is 0 Å². The van der Waals surface area contributed by atoms with Crippen LogP contribution in [-0.2, 0) is 8.85 Å². The molecule has 0 amide bonds. The fourth-order valence-electron chi connectivity index (χ4n) is 3.00. The molecule has 0 aliphatic carbocycles. The Hall–Kier alpha value is 0.0169. The molecule has 0 bridgehead atoms. The van der Waals surface area contributed by atoms with Crippen LogP contribution in [-0.4, -0.2) is 72.5 Å². The topological polar surface area (TPSA) is 45.8 Å². The van der Waals surface area contributed by atoms with E-state index in [9.17, 15) is 0 Å². The molecule has 2 unspecified atom stereocenters. The van der Waals surface area contributed by atoms with Crippen LogP contribution in [0.1, 0.15) is 33.1 Å². The first-order valence-corrected chi connectivity index (χ1v) is 11.5. The highest BCUT2D eigenvalue weighted by Crippen LogP contribution is 2.20. The molecule has 0 spiro atoms. The normalized spacial score (nSPS) is 20.7. The molecule has 2 atom stereocenters. The average molecular weight is 332 g/mol. The third-order valence-electron chi connectivity index (χ3n) is 4.27. The number of rotatable bonds is 12. The highest BCUT2D eigenvalue weighted by Gasteiger charge is 2.32. The van der Waals surface area contributed by atoms with Crippen LogP contribution < -0.4 is 10.6 Å². The molecule has 0 aromatic heterocycles. The molecular weight excluding hydrogens is 294 g/mol. The molecule has 0 aromatic rings. The molecule has 5 nitrogen and oxygen atoms in total. The number of hydrogen-bond donors (Lipinski definition) is 2. The van der Waals surface area contributed by atoms with Gasteiger partial charge in [-0.2, -0.15) is 0 Å². The summed E-state index contributed by atoms with van der Waals surface area (Å²) in [5.41, 5.74) is 0. The standard InChI is InChI=1S/C16H37N3O2Si/c1-5-20-22(4,15-7-6-9-17-3)21-16(2)8-12-19-13-10-18-11-14-19/h16-18H,5-15H2,1-4H3. The van der Waals surface area contributed by atoms with Gasteiger partial charge in [0.25, 0.3) is 0 Å². The van der Waals surface area contributed by atoms with E-state index in [0.717, 1.165) is 58.3 Å². The fraction of sp³-hybridized carbons (Fsp3) is 1.00. The molecule has 1 aliphatic heterocycles. The molecule has 6 heteroatoms. The summed E-state index contributed by atoms with van der Waals surface area (Å²) < 4.78 is 12.4. The van der Waals surface area contributed by atoms with Crippen molar-refractivity contribution in [2.75, 3.05) is 52.9 Å². The van der Waals surface area contributed by atoms with Gasteiger partial charge in [-0.05, 0) is 52.9 Å². The Balaban J connectivity index is 2.29. The Kier molecular flexibility index (Phi) is 10.5. The molecular formula is C16H37N3O2Si. The zero-order valence-corrected chi connectivity index (χ0v) is 16.1. The van der Waals surface area contributed by atoms with Gasteiger partial charge >= 0.3 is 8.56 Å². The van der Waals surface area contributed by atoms with E-state index in [1.165, 1.54) is 12.8 Å². The lowest BCUT2D eigenvalue weighted by Gasteiger charge is -2.32. The third-order valence-corrected chi connectivity index (χ3v) is 7.33. The molecule has 1 fully saturated rings. The SMILES string of the molecule is CCO[Si](C)(CCCCNC)OC(C)CCN1CCNCC1. The molecule has 132 valence electrons. The summed E-state index contributed by atoms with van der Waals surface area (Å²) in [6.45, 7) is 14.1. The van der Waals surface area contributed by atoms with E-state index in [0.29, 0.717) is 6.10 Å². The van der Waals surface area contributed by atoms with Gasteiger partial charge in [-0.1, -0.05) is 6.42 Å². The monoisotopic (exact) mass is 331 g/mol. The molecule has 2 N–H and O–H groups in total. The summed E-state index contributed by atoms with van der Waals surface area (Å²) in [5.74, 6) is 0. The summed E-state index contributed by atoms with van der Waals surface area (Å²) in [5, 5.41) is 6.61. The van der Waals surface area contributed by atoms with Crippen LogP contribution in [0.25, 0.3) is 0 Å². The van der Waals surface area contributed by atoms with E-state index in [2.05, 4.69) is 35.9 Å². The Morgan fingerprint density at radius 3 is 2.64 bits per heavy atom. The Morgan fingerprint density at radius 2 is 2.00 bits per heavy atom. The Labute approximate surface area is 138 Å². The summed E-state index contributed by atoms with van der Waals surface area (Å²) in [7, 11) is -0.0000565. The third kappa shape index (κ3) is 8.60.